The SMILES string of the molecule is O=S1(=O)CCC(NCc2cncc(Br)c2)C1. The van der Waals surface area contributed by atoms with Crippen LogP contribution in [0.1, 0.15) is 12.0 Å². The zero-order valence-electron chi connectivity index (χ0n) is 8.69. The molecule has 1 aliphatic rings. The lowest BCUT2D eigenvalue weighted by Crippen LogP contribution is -2.29. The van der Waals surface area contributed by atoms with E-state index in [0.717, 1.165) is 10.0 Å². The van der Waals surface area contributed by atoms with E-state index in [4.69, 9.17) is 0 Å². The molecule has 1 aromatic heterocycles. The van der Waals surface area contributed by atoms with Crippen molar-refractivity contribution in [2.45, 2.75) is 19.0 Å². The largest absolute Gasteiger partial charge is 0.309 e. The smallest absolute Gasteiger partial charge is 0.151 e. The van der Waals surface area contributed by atoms with Gasteiger partial charge in [-0.2, -0.15) is 0 Å². The normalized spacial score (nSPS) is 23.4. The second-order valence-electron chi connectivity index (χ2n) is 3.99. The number of rotatable bonds is 3. The number of halogens is 1. The molecule has 0 bridgehead atoms. The standard InChI is InChI=1S/C10H13BrN2O2S/c11-9-3-8(4-12-6-9)5-13-10-1-2-16(14,15)7-10/h3-4,6,10,13H,1-2,5,7H2. The summed E-state index contributed by atoms with van der Waals surface area (Å²) in [6.45, 7) is 0.659. The van der Waals surface area contributed by atoms with Crippen molar-refractivity contribution in [1.82, 2.24) is 10.3 Å². The summed E-state index contributed by atoms with van der Waals surface area (Å²) in [5, 5.41) is 3.24. The van der Waals surface area contributed by atoms with Gasteiger partial charge >= 0.3 is 0 Å². The molecule has 1 saturated heterocycles. The molecule has 0 saturated carbocycles. The fourth-order valence-corrected chi connectivity index (χ4v) is 3.89. The van der Waals surface area contributed by atoms with Gasteiger partial charge in [-0.15, -0.1) is 0 Å². The van der Waals surface area contributed by atoms with Crippen molar-refractivity contribution < 1.29 is 8.42 Å². The number of nitrogens with one attached hydrogen (secondary N) is 1. The zero-order valence-corrected chi connectivity index (χ0v) is 11.1. The highest BCUT2D eigenvalue weighted by atomic mass is 79.9. The predicted molar refractivity (Wildman–Crippen MR) is 65.8 cm³/mol. The third kappa shape index (κ3) is 3.26. The molecule has 0 spiro atoms. The Kier molecular flexibility index (Phi) is 3.61. The maximum atomic E-state index is 11.2. The van der Waals surface area contributed by atoms with Gasteiger partial charge in [0.05, 0.1) is 11.5 Å². The van der Waals surface area contributed by atoms with E-state index in [-0.39, 0.29) is 11.8 Å². The van der Waals surface area contributed by atoms with Gasteiger partial charge in [0.15, 0.2) is 9.84 Å². The molecule has 1 unspecified atom stereocenters. The van der Waals surface area contributed by atoms with Gasteiger partial charge in [0.1, 0.15) is 0 Å². The van der Waals surface area contributed by atoms with Crippen molar-refractivity contribution in [2.75, 3.05) is 11.5 Å². The molecule has 1 atom stereocenters. The van der Waals surface area contributed by atoms with E-state index in [1.807, 2.05) is 6.07 Å². The molecule has 4 nitrogen and oxygen atoms in total. The van der Waals surface area contributed by atoms with Crippen LogP contribution in [0.2, 0.25) is 0 Å². The van der Waals surface area contributed by atoms with Crippen molar-refractivity contribution in [3.63, 3.8) is 0 Å². The number of nitrogens with zero attached hydrogens (tertiary/aromatic N) is 1. The molecule has 0 amide bonds. The maximum Gasteiger partial charge on any atom is 0.151 e. The first-order chi connectivity index (χ1) is 7.55. The van der Waals surface area contributed by atoms with Crippen LogP contribution in [0.3, 0.4) is 0 Å². The average Bonchev–Trinajstić information content (AvgIpc) is 2.56. The fraction of sp³-hybridized carbons (Fsp3) is 0.500. The molecular formula is C10H13BrN2O2S. The fourth-order valence-electron chi connectivity index (χ4n) is 1.77. The van der Waals surface area contributed by atoms with Crippen LogP contribution in [-0.2, 0) is 16.4 Å². The number of hydrogen-bond acceptors (Lipinski definition) is 4. The molecule has 1 aliphatic heterocycles. The van der Waals surface area contributed by atoms with Crippen LogP contribution in [-0.4, -0.2) is 30.9 Å². The van der Waals surface area contributed by atoms with Gasteiger partial charge in [-0.1, -0.05) is 0 Å². The van der Waals surface area contributed by atoms with Gasteiger partial charge in [0.25, 0.3) is 0 Å². The van der Waals surface area contributed by atoms with Crippen molar-refractivity contribution in [1.29, 1.82) is 0 Å². The highest BCUT2D eigenvalue weighted by molar-refractivity contribution is 9.10. The quantitative estimate of drug-likeness (QED) is 0.909. The lowest BCUT2D eigenvalue weighted by Gasteiger charge is -2.10. The highest BCUT2D eigenvalue weighted by Gasteiger charge is 2.27. The van der Waals surface area contributed by atoms with Gasteiger partial charge in [-0.3, -0.25) is 4.98 Å². The van der Waals surface area contributed by atoms with Gasteiger partial charge < -0.3 is 5.32 Å². The summed E-state index contributed by atoms with van der Waals surface area (Å²) < 4.78 is 23.4. The van der Waals surface area contributed by atoms with E-state index in [1.54, 1.807) is 12.4 Å². The second-order valence-corrected chi connectivity index (χ2v) is 7.14. The molecule has 2 heterocycles. The van der Waals surface area contributed by atoms with Crippen molar-refractivity contribution in [3.05, 3.63) is 28.5 Å². The monoisotopic (exact) mass is 304 g/mol. The van der Waals surface area contributed by atoms with Gasteiger partial charge in [-0.25, -0.2) is 8.42 Å². The van der Waals surface area contributed by atoms with Gasteiger partial charge in [-0.05, 0) is 34.0 Å². The van der Waals surface area contributed by atoms with Crippen LogP contribution in [0.4, 0.5) is 0 Å². The number of hydrogen-bond donors (Lipinski definition) is 1. The summed E-state index contributed by atoms with van der Waals surface area (Å²) in [4.78, 5) is 4.05. The van der Waals surface area contributed by atoms with E-state index in [0.29, 0.717) is 18.7 Å². The Hall–Kier alpha value is -0.460. The van der Waals surface area contributed by atoms with Gasteiger partial charge in [0, 0.05) is 29.5 Å². The summed E-state index contributed by atoms with van der Waals surface area (Å²) in [7, 11) is -2.80. The van der Waals surface area contributed by atoms with Gasteiger partial charge in [0.2, 0.25) is 0 Å². The lowest BCUT2D eigenvalue weighted by molar-refractivity contribution is 0.553. The van der Waals surface area contributed by atoms with E-state index >= 15 is 0 Å². The molecule has 6 heteroatoms. The molecule has 1 N–H and O–H groups in total. The zero-order chi connectivity index (χ0) is 11.6. The summed E-state index contributed by atoms with van der Waals surface area (Å²) in [6.07, 6.45) is 4.22. The van der Waals surface area contributed by atoms with Crippen LogP contribution in [0.5, 0.6) is 0 Å². The van der Waals surface area contributed by atoms with Crippen LogP contribution in [0.15, 0.2) is 22.9 Å². The Morgan fingerprint density at radius 2 is 2.31 bits per heavy atom. The highest BCUT2D eigenvalue weighted by Crippen LogP contribution is 2.13. The first-order valence-corrected chi connectivity index (χ1v) is 7.70. The van der Waals surface area contributed by atoms with Crippen LogP contribution in [0.25, 0.3) is 0 Å². The molecule has 0 aliphatic carbocycles. The van der Waals surface area contributed by atoms with E-state index in [1.165, 1.54) is 0 Å². The van der Waals surface area contributed by atoms with Crippen LogP contribution >= 0.6 is 15.9 Å². The van der Waals surface area contributed by atoms with E-state index in [9.17, 15) is 8.42 Å². The molecule has 2 rings (SSSR count). The number of aromatic nitrogens is 1. The Bertz CT molecular complexity index is 475. The minimum Gasteiger partial charge on any atom is -0.309 e. The summed E-state index contributed by atoms with van der Waals surface area (Å²) in [6, 6.07) is 2.06. The number of pyridine rings is 1. The summed E-state index contributed by atoms with van der Waals surface area (Å²) in [5.41, 5.74) is 1.05. The minimum atomic E-state index is -2.80. The molecule has 1 aromatic rings. The van der Waals surface area contributed by atoms with E-state index < -0.39 is 9.84 Å². The third-order valence-electron chi connectivity index (χ3n) is 2.59. The Labute approximate surface area is 104 Å². The molecule has 1 fully saturated rings. The van der Waals surface area contributed by atoms with Crippen molar-refractivity contribution in [3.8, 4) is 0 Å². The van der Waals surface area contributed by atoms with Crippen LogP contribution < -0.4 is 5.32 Å². The minimum absolute atomic E-state index is 0.0870. The predicted octanol–water partition coefficient (Wildman–Crippen LogP) is 1.12. The molecule has 88 valence electrons. The molecular weight excluding hydrogens is 292 g/mol. The first kappa shape index (κ1) is 12.0. The maximum absolute atomic E-state index is 11.2. The Morgan fingerprint density at radius 3 is 2.94 bits per heavy atom. The molecule has 0 radical (unpaired) electrons. The van der Waals surface area contributed by atoms with E-state index in [2.05, 4.69) is 26.2 Å². The Morgan fingerprint density at radius 1 is 1.50 bits per heavy atom. The van der Waals surface area contributed by atoms with Crippen molar-refractivity contribution in [2.24, 2.45) is 0 Å². The third-order valence-corrected chi connectivity index (χ3v) is 4.79. The number of sulfone groups is 1. The summed E-state index contributed by atoms with van der Waals surface area (Å²) in [5.74, 6) is 0.565. The molecule has 16 heavy (non-hydrogen) atoms. The van der Waals surface area contributed by atoms with Crippen LogP contribution in [0, 0.1) is 0 Å². The lowest BCUT2D eigenvalue weighted by atomic mass is 10.2. The average molecular weight is 305 g/mol. The second kappa shape index (κ2) is 4.81. The first-order valence-electron chi connectivity index (χ1n) is 5.08. The molecule has 0 aromatic carbocycles. The Balaban J connectivity index is 1.89. The van der Waals surface area contributed by atoms with Crippen molar-refractivity contribution >= 4 is 25.8 Å². The summed E-state index contributed by atoms with van der Waals surface area (Å²) >= 11 is 3.35. The topological polar surface area (TPSA) is 59.1 Å².